The molecule has 0 aliphatic carbocycles. The van der Waals surface area contributed by atoms with Crippen LogP contribution in [0.4, 0.5) is 0 Å². The van der Waals surface area contributed by atoms with Gasteiger partial charge in [0.25, 0.3) is 0 Å². The van der Waals surface area contributed by atoms with Crippen LogP contribution < -0.4 is 11.3 Å². The molecule has 0 bridgehead atoms. The van der Waals surface area contributed by atoms with Crippen LogP contribution in [0.1, 0.15) is 51.5 Å². The normalized spacial score (nSPS) is 14.7. The topological polar surface area (TPSA) is 55.9 Å². The lowest BCUT2D eigenvalue weighted by atomic mass is 9.88. The summed E-state index contributed by atoms with van der Waals surface area (Å²) in [4.78, 5) is 0. The highest BCUT2D eigenvalue weighted by Gasteiger charge is 2.18. The van der Waals surface area contributed by atoms with E-state index in [0.29, 0.717) is 12.0 Å². The van der Waals surface area contributed by atoms with E-state index in [0.717, 1.165) is 12.8 Å². The molecule has 2 atom stereocenters. The molecule has 0 aliphatic rings. The zero-order valence-electron chi connectivity index (χ0n) is 12.0. The van der Waals surface area contributed by atoms with Crippen molar-refractivity contribution in [2.75, 3.05) is 0 Å². The molecule has 0 amide bonds. The number of hydrogen-bond donors (Lipinski definition) is 2. The zero-order valence-corrected chi connectivity index (χ0v) is 12.0. The number of hydrogen-bond acceptors (Lipinski definition) is 3. The lowest BCUT2D eigenvalue weighted by molar-refractivity contribution is 0.306. The van der Waals surface area contributed by atoms with Crippen molar-refractivity contribution in [2.24, 2.45) is 18.8 Å². The lowest BCUT2D eigenvalue weighted by Crippen LogP contribution is -2.41. The first-order valence-electron chi connectivity index (χ1n) is 7.14. The highest BCUT2D eigenvalue weighted by Crippen LogP contribution is 2.20. The molecule has 1 aromatic heterocycles. The summed E-state index contributed by atoms with van der Waals surface area (Å²) in [5.74, 6) is 6.41. The maximum Gasteiger partial charge on any atom is 0.0521 e. The first-order chi connectivity index (χ1) is 8.71. The smallest absolute Gasteiger partial charge is 0.0521 e. The molecule has 1 aromatic rings. The van der Waals surface area contributed by atoms with Crippen LogP contribution in [0.25, 0.3) is 0 Å². The van der Waals surface area contributed by atoms with Crippen molar-refractivity contribution in [3.8, 4) is 0 Å². The summed E-state index contributed by atoms with van der Waals surface area (Å²) in [6, 6.07) is 0.418. The summed E-state index contributed by atoms with van der Waals surface area (Å²) in [7, 11) is 1.96. The van der Waals surface area contributed by atoms with Crippen molar-refractivity contribution < 1.29 is 0 Å². The summed E-state index contributed by atoms with van der Waals surface area (Å²) in [5.41, 5.74) is 4.31. The molecule has 1 rings (SSSR count). The average molecular weight is 252 g/mol. The Morgan fingerprint density at radius 2 is 2.17 bits per heavy atom. The van der Waals surface area contributed by atoms with Crippen molar-refractivity contribution in [3.63, 3.8) is 0 Å². The number of aromatic nitrogens is 2. The summed E-state index contributed by atoms with van der Waals surface area (Å²) in [6.45, 7) is 4.50. The number of nitrogens with two attached hydrogens (primary N) is 1. The van der Waals surface area contributed by atoms with Crippen LogP contribution >= 0.6 is 0 Å². The molecule has 0 aliphatic heterocycles. The minimum Gasteiger partial charge on any atom is -0.276 e. The largest absolute Gasteiger partial charge is 0.276 e. The van der Waals surface area contributed by atoms with Crippen LogP contribution in [0.15, 0.2) is 12.4 Å². The van der Waals surface area contributed by atoms with Crippen LogP contribution in [-0.2, 0) is 13.5 Å². The Labute approximate surface area is 111 Å². The molecule has 2 unspecified atom stereocenters. The molecule has 4 nitrogen and oxygen atoms in total. The Kier molecular flexibility index (Phi) is 6.98. The number of rotatable bonds is 9. The fourth-order valence-electron chi connectivity index (χ4n) is 2.53. The number of hydrazine groups is 1. The number of unbranched alkanes of at least 4 members (excludes halogenated alkanes) is 1. The molecule has 0 aromatic carbocycles. The zero-order chi connectivity index (χ0) is 13.4. The van der Waals surface area contributed by atoms with Gasteiger partial charge in [0.1, 0.15) is 0 Å². The van der Waals surface area contributed by atoms with Gasteiger partial charge in [-0.2, -0.15) is 5.10 Å². The molecule has 0 saturated heterocycles. The van der Waals surface area contributed by atoms with Crippen LogP contribution in [-0.4, -0.2) is 15.8 Å². The molecule has 1 heterocycles. The molecule has 18 heavy (non-hydrogen) atoms. The first-order valence-corrected chi connectivity index (χ1v) is 7.14. The average Bonchev–Trinajstić information content (AvgIpc) is 2.79. The second kappa shape index (κ2) is 8.27. The van der Waals surface area contributed by atoms with E-state index in [1.54, 1.807) is 0 Å². The molecule has 0 fully saturated rings. The quantitative estimate of drug-likeness (QED) is 0.524. The Balaban J connectivity index is 2.44. The SMILES string of the molecule is CCCCC(CC)C(CCc1cnn(C)c1)NN. The minimum atomic E-state index is 0.418. The van der Waals surface area contributed by atoms with Gasteiger partial charge in [-0.05, 0) is 30.7 Å². The fraction of sp³-hybridized carbons (Fsp3) is 0.786. The monoisotopic (exact) mass is 252 g/mol. The van der Waals surface area contributed by atoms with Crippen molar-refractivity contribution in [2.45, 2.75) is 58.4 Å². The van der Waals surface area contributed by atoms with E-state index in [4.69, 9.17) is 5.84 Å². The van der Waals surface area contributed by atoms with E-state index in [1.165, 1.54) is 31.2 Å². The third-order valence-electron chi connectivity index (χ3n) is 3.74. The summed E-state index contributed by atoms with van der Waals surface area (Å²) < 4.78 is 1.86. The van der Waals surface area contributed by atoms with Gasteiger partial charge in [-0.3, -0.25) is 16.0 Å². The molecule has 0 saturated carbocycles. The Morgan fingerprint density at radius 3 is 2.67 bits per heavy atom. The van der Waals surface area contributed by atoms with Crippen LogP contribution in [0, 0.1) is 5.92 Å². The van der Waals surface area contributed by atoms with Crippen molar-refractivity contribution >= 4 is 0 Å². The Bertz CT molecular complexity index is 321. The van der Waals surface area contributed by atoms with Crippen molar-refractivity contribution in [3.05, 3.63) is 18.0 Å². The standard InChI is InChI=1S/C14H28N4/c1-4-6-7-13(5-2)14(17-15)9-8-12-10-16-18(3)11-12/h10-11,13-14,17H,4-9,15H2,1-3H3. The maximum absolute atomic E-state index is 5.72. The van der Waals surface area contributed by atoms with E-state index < -0.39 is 0 Å². The number of nitrogens with zero attached hydrogens (tertiary/aromatic N) is 2. The van der Waals surface area contributed by atoms with Crippen molar-refractivity contribution in [1.29, 1.82) is 0 Å². The predicted octanol–water partition coefficient (Wildman–Crippen LogP) is 2.40. The van der Waals surface area contributed by atoms with Crippen LogP contribution in [0.3, 0.4) is 0 Å². The Hall–Kier alpha value is -0.870. The molecule has 0 radical (unpaired) electrons. The van der Waals surface area contributed by atoms with E-state index in [-0.39, 0.29) is 0 Å². The first kappa shape index (κ1) is 15.2. The van der Waals surface area contributed by atoms with E-state index in [1.807, 2.05) is 17.9 Å². The van der Waals surface area contributed by atoms with E-state index in [9.17, 15) is 0 Å². The van der Waals surface area contributed by atoms with Gasteiger partial charge in [0.15, 0.2) is 0 Å². The lowest BCUT2D eigenvalue weighted by Gasteiger charge is -2.25. The molecule has 3 N–H and O–H groups in total. The summed E-state index contributed by atoms with van der Waals surface area (Å²) in [5, 5.41) is 4.20. The molecule has 4 heteroatoms. The van der Waals surface area contributed by atoms with E-state index in [2.05, 4.69) is 30.6 Å². The predicted molar refractivity (Wildman–Crippen MR) is 75.9 cm³/mol. The van der Waals surface area contributed by atoms with Gasteiger partial charge >= 0.3 is 0 Å². The molecule has 0 spiro atoms. The highest BCUT2D eigenvalue weighted by atomic mass is 15.2. The van der Waals surface area contributed by atoms with Crippen molar-refractivity contribution in [1.82, 2.24) is 15.2 Å². The fourth-order valence-corrected chi connectivity index (χ4v) is 2.53. The third kappa shape index (κ3) is 4.78. The summed E-state index contributed by atoms with van der Waals surface area (Å²) >= 11 is 0. The summed E-state index contributed by atoms with van der Waals surface area (Å²) in [6.07, 6.45) is 11.2. The van der Waals surface area contributed by atoms with Gasteiger partial charge in [0.2, 0.25) is 0 Å². The molecular weight excluding hydrogens is 224 g/mol. The van der Waals surface area contributed by atoms with Gasteiger partial charge in [-0.25, -0.2) is 0 Å². The maximum atomic E-state index is 5.72. The van der Waals surface area contributed by atoms with Gasteiger partial charge in [-0.1, -0.05) is 33.1 Å². The second-order valence-electron chi connectivity index (χ2n) is 5.14. The Morgan fingerprint density at radius 1 is 1.39 bits per heavy atom. The van der Waals surface area contributed by atoms with E-state index >= 15 is 0 Å². The second-order valence-corrected chi connectivity index (χ2v) is 5.14. The van der Waals surface area contributed by atoms with Crippen LogP contribution in [0.2, 0.25) is 0 Å². The number of aryl methyl sites for hydroxylation is 2. The van der Waals surface area contributed by atoms with Gasteiger partial charge in [-0.15, -0.1) is 0 Å². The number of nitrogens with one attached hydrogen (secondary N) is 1. The van der Waals surface area contributed by atoms with Crippen LogP contribution in [0.5, 0.6) is 0 Å². The van der Waals surface area contributed by atoms with Gasteiger partial charge in [0.05, 0.1) is 6.20 Å². The molecular formula is C14H28N4. The third-order valence-corrected chi connectivity index (χ3v) is 3.74. The van der Waals surface area contributed by atoms with Gasteiger partial charge < -0.3 is 0 Å². The molecule has 104 valence electrons. The highest BCUT2D eigenvalue weighted by molar-refractivity contribution is 5.04. The minimum absolute atomic E-state index is 0.418. The van der Waals surface area contributed by atoms with Gasteiger partial charge in [0, 0.05) is 19.3 Å².